The van der Waals surface area contributed by atoms with Crippen LogP contribution in [0, 0.1) is 0 Å². The Morgan fingerprint density at radius 3 is 2.10 bits per heavy atom. The Bertz CT molecular complexity index is 1110. The highest BCUT2D eigenvalue weighted by molar-refractivity contribution is 6.34. The third-order valence-electron chi connectivity index (χ3n) is 4.11. The number of rotatable bonds is 6. The molecule has 0 radical (unpaired) electrons. The van der Waals surface area contributed by atoms with Gasteiger partial charge in [-0.1, -0.05) is 54.1 Å². The summed E-state index contributed by atoms with van der Waals surface area (Å²) >= 11 is 6.08. The van der Waals surface area contributed by atoms with Gasteiger partial charge in [-0.3, -0.25) is 9.59 Å². The third-order valence-corrected chi connectivity index (χ3v) is 4.44. The fraction of sp³-hybridized carbons (Fsp3) is 0. The number of hydrogen-bond donors (Lipinski definition) is 3. The summed E-state index contributed by atoms with van der Waals surface area (Å²) in [5.74, 6) is -2.16. The molecule has 3 aromatic carbocycles. The molecule has 0 saturated carbocycles. The highest BCUT2D eigenvalue weighted by atomic mass is 35.5. The summed E-state index contributed by atoms with van der Waals surface area (Å²) in [6.45, 7) is 0. The van der Waals surface area contributed by atoms with Crippen LogP contribution in [-0.2, 0) is 4.79 Å². The van der Waals surface area contributed by atoms with Crippen LogP contribution in [0.4, 0.5) is 5.69 Å². The van der Waals surface area contributed by atoms with Crippen molar-refractivity contribution in [2.45, 2.75) is 0 Å². The van der Waals surface area contributed by atoms with Crippen molar-refractivity contribution >= 4 is 41.1 Å². The first-order valence-corrected chi connectivity index (χ1v) is 9.29. The van der Waals surface area contributed by atoms with Gasteiger partial charge in [0, 0.05) is 5.69 Å². The Hall–Kier alpha value is -3.90. The van der Waals surface area contributed by atoms with Gasteiger partial charge in [-0.05, 0) is 48.0 Å². The highest BCUT2D eigenvalue weighted by Crippen LogP contribution is 2.16. The molecule has 0 fully saturated rings. The summed E-state index contributed by atoms with van der Waals surface area (Å²) in [4.78, 5) is 36.5. The van der Waals surface area contributed by atoms with Gasteiger partial charge in [0.05, 0.1) is 16.1 Å². The fourth-order valence-electron chi connectivity index (χ4n) is 2.60. The summed E-state index contributed by atoms with van der Waals surface area (Å²) in [5.41, 5.74) is 1.43. The van der Waals surface area contributed by atoms with Crippen LogP contribution in [0.5, 0.6) is 0 Å². The normalized spacial score (nSPS) is 10.9. The van der Waals surface area contributed by atoms with E-state index in [4.69, 9.17) is 16.7 Å². The molecular weight excluding hydrogens is 404 g/mol. The molecule has 0 spiro atoms. The minimum atomic E-state index is -1.07. The summed E-state index contributed by atoms with van der Waals surface area (Å²) in [6, 6.07) is 21.2. The van der Waals surface area contributed by atoms with Gasteiger partial charge in [0.15, 0.2) is 0 Å². The van der Waals surface area contributed by atoms with Crippen LogP contribution < -0.4 is 10.6 Å². The Balaban J connectivity index is 1.86. The predicted octanol–water partition coefficient (Wildman–Crippen LogP) is 4.45. The van der Waals surface area contributed by atoms with Crippen LogP contribution >= 0.6 is 11.6 Å². The maximum atomic E-state index is 12.8. The second kappa shape index (κ2) is 9.54. The number of hydrogen-bond acceptors (Lipinski definition) is 3. The third kappa shape index (κ3) is 5.33. The maximum absolute atomic E-state index is 12.8. The molecule has 3 N–H and O–H groups in total. The molecule has 0 heterocycles. The largest absolute Gasteiger partial charge is 0.478 e. The van der Waals surface area contributed by atoms with Crippen LogP contribution in [0.3, 0.4) is 0 Å². The number of aromatic carboxylic acids is 1. The quantitative estimate of drug-likeness (QED) is 0.513. The average molecular weight is 421 g/mol. The number of carbonyl (C=O) groups is 3. The molecule has 150 valence electrons. The number of anilines is 1. The van der Waals surface area contributed by atoms with Crippen LogP contribution in [0.1, 0.15) is 26.3 Å². The van der Waals surface area contributed by atoms with E-state index in [9.17, 15) is 14.4 Å². The summed E-state index contributed by atoms with van der Waals surface area (Å²) in [5, 5.41) is 14.5. The van der Waals surface area contributed by atoms with Crippen LogP contribution in [0.15, 0.2) is 84.6 Å². The zero-order valence-electron chi connectivity index (χ0n) is 15.6. The number of halogens is 1. The number of benzene rings is 3. The Labute approximate surface area is 177 Å². The molecule has 6 nitrogen and oxygen atoms in total. The van der Waals surface area contributed by atoms with Crippen molar-refractivity contribution in [2.24, 2.45) is 0 Å². The summed E-state index contributed by atoms with van der Waals surface area (Å²) < 4.78 is 0. The maximum Gasteiger partial charge on any atom is 0.335 e. The van der Waals surface area contributed by atoms with Gasteiger partial charge >= 0.3 is 5.97 Å². The monoisotopic (exact) mass is 420 g/mol. The molecule has 30 heavy (non-hydrogen) atoms. The van der Waals surface area contributed by atoms with Gasteiger partial charge in [-0.25, -0.2) is 4.79 Å². The molecule has 0 unspecified atom stereocenters. The molecule has 0 aliphatic rings. The topological polar surface area (TPSA) is 95.5 Å². The lowest BCUT2D eigenvalue weighted by Crippen LogP contribution is -2.31. The molecule has 0 aliphatic heterocycles. The van der Waals surface area contributed by atoms with Gasteiger partial charge in [-0.15, -0.1) is 0 Å². The van der Waals surface area contributed by atoms with Gasteiger partial charge < -0.3 is 15.7 Å². The molecule has 2 amide bonds. The first kappa shape index (κ1) is 20.8. The van der Waals surface area contributed by atoms with Crippen molar-refractivity contribution in [3.63, 3.8) is 0 Å². The average Bonchev–Trinajstić information content (AvgIpc) is 2.74. The number of carboxylic acids is 1. The van der Waals surface area contributed by atoms with Gasteiger partial charge in [0.1, 0.15) is 5.70 Å². The first-order valence-electron chi connectivity index (χ1n) is 8.91. The number of carbonyl (C=O) groups excluding carboxylic acids is 2. The molecule has 0 bridgehead atoms. The van der Waals surface area contributed by atoms with Gasteiger partial charge in [-0.2, -0.15) is 0 Å². The lowest BCUT2D eigenvalue weighted by Gasteiger charge is -2.12. The highest BCUT2D eigenvalue weighted by Gasteiger charge is 2.17. The van der Waals surface area contributed by atoms with E-state index in [0.29, 0.717) is 11.3 Å². The molecule has 0 aliphatic carbocycles. The van der Waals surface area contributed by atoms with E-state index >= 15 is 0 Å². The smallest absolute Gasteiger partial charge is 0.335 e. The van der Waals surface area contributed by atoms with E-state index in [1.54, 1.807) is 36.4 Å². The van der Waals surface area contributed by atoms with Gasteiger partial charge in [0.25, 0.3) is 11.8 Å². The molecule has 3 aromatic rings. The number of amides is 2. The van der Waals surface area contributed by atoms with Crippen molar-refractivity contribution in [2.75, 3.05) is 5.32 Å². The standard InChI is InChI=1S/C23H17ClN2O4/c24-19-9-5-4-8-18(19)21(27)26-20(14-15-6-2-1-3-7-15)22(28)25-17-12-10-16(11-13-17)23(29)30/h1-14H,(H,25,28)(H,26,27)(H,29,30). The number of nitrogens with one attached hydrogen (secondary N) is 2. The lowest BCUT2D eigenvalue weighted by atomic mass is 10.1. The minimum absolute atomic E-state index is 0.00781. The second-order valence-corrected chi connectivity index (χ2v) is 6.65. The predicted molar refractivity (Wildman–Crippen MR) is 115 cm³/mol. The van der Waals surface area contributed by atoms with Crippen LogP contribution in [0.25, 0.3) is 6.08 Å². The number of carboxylic acid groups (broad SMARTS) is 1. The zero-order valence-corrected chi connectivity index (χ0v) is 16.4. The summed E-state index contributed by atoms with van der Waals surface area (Å²) in [6.07, 6.45) is 1.54. The van der Waals surface area contributed by atoms with E-state index < -0.39 is 17.8 Å². The molecule has 3 rings (SSSR count). The van der Waals surface area contributed by atoms with Crippen LogP contribution in [0.2, 0.25) is 5.02 Å². The Kier molecular flexibility index (Phi) is 6.62. The fourth-order valence-corrected chi connectivity index (χ4v) is 2.83. The Morgan fingerprint density at radius 2 is 1.47 bits per heavy atom. The van der Waals surface area contributed by atoms with E-state index in [2.05, 4.69) is 10.6 Å². The molecule has 0 aromatic heterocycles. The van der Waals surface area contributed by atoms with Crippen molar-refractivity contribution in [3.05, 3.63) is 106 Å². The Morgan fingerprint density at radius 1 is 0.833 bits per heavy atom. The van der Waals surface area contributed by atoms with E-state index in [1.165, 1.54) is 30.3 Å². The SMILES string of the molecule is O=C(Nc1ccc(C(=O)O)cc1)C(=Cc1ccccc1)NC(=O)c1ccccc1Cl. The zero-order chi connectivity index (χ0) is 21.5. The minimum Gasteiger partial charge on any atom is -0.478 e. The lowest BCUT2D eigenvalue weighted by molar-refractivity contribution is -0.113. The molecule has 0 saturated heterocycles. The second-order valence-electron chi connectivity index (χ2n) is 6.24. The molecular formula is C23H17ClN2O4. The first-order chi connectivity index (χ1) is 14.4. The van der Waals surface area contributed by atoms with E-state index in [0.717, 1.165) is 0 Å². The van der Waals surface area contributed by atoms with Crippen molar-refractivity contribution in [1.29, 1.82) is 0 Å². The molecule has 0 atom stereocenters. The van der Waals surface area contributed by atoms with Crippen LogP contribution in [-0.4, -0.2) is 22.9 Å². The molecule has 7 heteroatoms. The van der Waals surface area contributed by atoms with Gasteiger partial charge in [0.2, 0.25) is 0 Å². The van der Waals surface area contributed by atoms with Crippen molar-refractivity contribution in [1.82, 2.24) is 5.32 Å². The van der Waals surface area contributed by atoms with Crippen molar-refractivity contribution in [3.8, 4) is 0 Å². The summed E-state index contributed by atoms with van der Waals surface area (Å²) in [7, 11) is 0. The van der Waals surface area contributed by atoms with E-state index in [1.807, 2.05) is 18.2 Å². The van der Waals surface area contributed by atoms with Crippen molar-refractivity contribution < 1.29 is 19.5 Å². The van der Waals surface area contributed by atoms with E-state index in [-0.39, 0.29) is 21.8 Å².